The second-order valence-corrected chi connectivity index (χ2v) is 6.29. The first-order chi connectivity index (χ1) is 12.0. The van der Waals surface area contributed by atoms with E-state index >= 15 is 0 Å². The number of carbonyl (C=O) groups excluding carboxylic acids is 1. The van der Waals surface area contributed by atoms with Gasteiger partial charge in [0.05, 0.1) is 18.3 Å². The topological polar surface area (TPSA) is 47.6 Å². The highest BCUT2D eigenvalue weighted by molar-refractivity contribution is 7.71. The summed E-state index contributed by atoms with van der Waals surface area (Å²) in [5, 5.41) is 0.540. The lowest BCUT2D eigenvalue weighted by atomic mass is 10.2. The van der Waals surface area contributed by atoms with Gasteiger partial charge >= 0.3 is 0 Å². The van der Waals surface area contributed by atoms with Crippen LogP contribution in [0.25, 0.3) is 11.1 Å². The van der Waals surface area contributed by atoms with Crippen molar-refractivity contribution in [1.29, 1.82) is 0 Å². The molecule has 0 saturated carbocycles. The van der Waals surface area contributed by atoms with Crippen LogP contribution in [0.1, 0.15) is 6.42 Å². The third kappa shape index (κ3) is 3.55. The first-order valence-corrected chi connectivity index (χ1v) is 8.48. The molecule has 0 aliphatic carbocycles. The second kappa shape index (κ2) is 7.29. The number of benzene rings is 2. The molecule has 0 atom stereocenters. The van der Waals surface area contributed by atoms with E-state index in [2.05, 4.69) is 0 Å². The first kappa shape index (κ1) is 17.5. The largest absolute Gasteiger partial charge is 0.495 e. The zero-order valence-electron chi connectivity index (χ0n) is 13.9. The van der Waals surface area contributed by atoms with Gasteiger partial charge in [0.25, 0.3) is 4.84 Å². The number of fused-ring (bicyclic) bond motifs is 1. The van der Waals surface area contributed by atoms with Crippen molar-refractivity contribution >= 4 is 46.5 Å². The van der Waals surface area contributed by atoms with Crippen LogP contribution in [-0.4, -0.2) is 24.6 Å². The Balaban J connectivity index is 1.79. The van der Waals surface area contributed by atoms with Gasteiger partial charge in [0.15, 0.2) is 5.58 Å². The quantitative estimate of drug-likeness (QED) is 0.606. The summed E-state index contributed by atoms with van der Waals surface area (Å²) in [6.07, 6.45) is 0.268. The Labute approximate surface area is 155 Å². The molecule has 0 N–H and O–H groups in total. The molecule has 130 valence electrons. The summed E-state index contributed by atoms with van der Waals surface area (Å²) in [4.78, 5) is 14.5. The van der Waals surface area contributed by atoms with Crippen molar-refractivity contribution in [2.24, 2.45) is 0 Å². The lowest BCUT2D eigenvalue weighted by Gasteiger charge is -2.20. The van der Waals surface area contributed by atoms with E-state index in [-0.39, 0.29) is 12.3 Å². The van der Waals surface area contributed by atoms with Gasteiger partial charge in [0.1, 0.15) is 5.75 Å². The Kier molecular flexibility index (Phi) is 5.11. The standard InChI is InChI=1S/C18H17ClN2O3S/c1-20(14-11-12(19)7-8-15(14)23-2)17(22)9-10-21-13-5-3-4-6-16(13)24-18(21)25/h3-8,11H,9-10H2,1-2H3. The Bertz CT molecular complexity index is 980. The number of para-hydroxylation sites is 2. The van der Waals surface area contributed by atoms with Crippen LogP contribution < -0.4 is 9.64 Å². The zero-order chi connectivity index (χ0) is 18.0. The lowest BCUT2D eigenvalue weighted by molar-refractivity contribution is -0.118. The summed E-state index contributed by atoms with van der Waals surface area (Å²) >= 11 is 11.3. The van der Waals surface area contributed by atoms with Crippen LogP contribution in [-0.2, 0) is 11.3 Å². The molecule has 0 bridgehead atoms. The fraction of sp³-hybridized carbons (Fsp3) is 0.222. The highest BCUT2D eigenvalue weighted by atomic mass is 35.5. The molecule has 0 aliphatic rings. The maximum atomic E-state index is 12.6. The van der Waals surface area contributed by atoms with Crippen LogP contribution in [0.3, 0.4) is 0 Å². The van der Waals surface area contributed by atoms with Gasteiger partial charge in [-0.3, -0.25) is 9.36 Å². The van der Waals surface area contributed by atoms with E-state index in [1.165, 1.54) is 4.90 Å². The number of carbonyl (C=O) groups is 1. The van der Waals surface area contributed by atoms with E-state index in [0.717, 1.165) is 5.52 Å². The SMILES string of the molecule is COc1ccc(Cl)cc1N(C)C(=O)CCn1c(=S)oc2ccccc21. The molecule has 25 heavy (non-hydrogen) atoms. The third-order valence-electron chi connectivity index (χ3n) is 4.00. The normalized spacial score (nSPS) is 10.8. The summed E-state index contributed by atoms with van der Waals surface area (Å²) in [7, 11) is 3.26. The minimum Gasteiger partial charge on any atom is -0.495 e. The van der Waals surface area contributed by atoms with E-state index in [0.29, 0.717) is 33.4 Å². The van der Waals surface area contributed by atoms with Gasteiger partial charge in [0.2, 0.25) is 5.91 Å². The van der Waals surface area contributed by atoms with Gasteiger partial charge in [-0.15, -0.1) is 0 Å². The maximum Gasteiger partial charge on any atom is 0.269 e. The molecule has 1 amide bonds. The predicted molar refractivity (Wildman–Crippen MR) is 101 cm³/mol. The second-order valence-electron chi connectivity index (χ2n) is 5.51. The van der Waals surface area contributed by atoms with Crippen molar-refractivity contribution in [3.63, 3.8) is 0 Å². The van der Waals surface area contributed by atoms with E-state index < -0.39 is 0 Å². The van der Waals surface area contributed by atoms with Gasteiger partial charge in [-0.1, -0.05) is 23.7 Å². The number of rotatable bonds is 5. The number of methoxy groups -OCH3 is 1. The number of ether oxygens (including phenoxy) is 1. The smallest absolute Gasteiger partial charge is 0.269 e. The van der Waals surface area contributed by atoms with Crippen LogP contribution in [0, 0.1) is 4.84 Å². The number of nitrogens with zero attached hydrogens (tertiary/aromatic N) is 2. The van der Waals surface area contributed by atoms with Crippen LogP contribution in [0.4, 0.5) is 5.69 Å². The molecule has 0 spiro atoms. The average Bonchev–Trinajstić information content (AvgIpc) is 2.94. The number of aryl methyl sites for hydroxylation is 1. The fourth-order valence-electron chi connectivity index (χ4n) is 2.66. The lowest BCUT2D eigenvalue weighted by Crippen LogP contribution is -2.27. The van der Waals surface area contributed by atoms with Crippen molar-refractivity contribution in [2.45, 2.75) is 13.0 Å². The summed E-state index contributed by atoms with van der Waals surface area (Å²) in [5.41, 5.74) is 2.22. The van der Waals surface area contributed by atoms with Crippen molar-refractivity contribution in [3.05, 3.63) is 52.3 Å². The molecule has 0 saturated heterocycles. The number of oxazole rings is 1. The Morgan fingerprint density at radius 1 is 1.32 bits per heavy atom. The minimum atomic E-state index is -0.0762. The molecule has 1 aromatic heterocycles. The maximum absolute atomic E-state index is 12.6. The van der Waals surface area contributed by atoms with Crippen LogP contribution in [0.5, 0.6) is 5.75 Å². The summed E-state index contributed by atoms with van der Waals surface area (Å²) in [6.45, 7) is 0.432. The highest BCUT2D eigenvalue weighted by Crippen LogP contribution is 2.31. The molecule has 0 aliphatic heterocycles. The van der Waals surface area contributed by atoms with Gasteiger partial charge in [-0.25, -0.2) is 0 Å². The summed E-state index contributed by atoms with van der Waals surface area (Å²) in [6, 6.07) is 12.7. The molecule has 3 aromatic rings. The monoisotopic (exact) mass is 376 g/mol. The summed E-state index contributed by atoms with van der Waals surface area (Å²) < 4.78 is 12.7. The van der Waals surface area contributed by atoms with Crippen molar-refractivity contribution < 1.29 is 13.9 Å². The molecule has 0 radical (unpaired) electrons. The number of aromatic nitrogens is 1. The first-order valence-electron chi connectivity index (χ1n) is 7.69. The van der Waals surface area contributed by atoms with E-state index in [4.69, 9.17) is 33.0 Å². The van der Waals surface area contributed by atoms with Crippen LogP contribution in [0.2, 0.25) is 5.02 Å². The van der Waals surface area contributed by atoms with Crippen molar-refractivity contribution in [2.75, 3.05) is 19.1 Å². The number of halogens is 1. The molecule has 7 heteroatoms. The number of hydrogen-bond acceptors (Lipinski definition) is 4. The molecular formula is C18H17ClN2O3S. The average molecular weight is 377 g/mol. The van der Waals surface area contributed by atoms with Gasteiger partial charge in [-0.05, 0) is 42.5 Å². The van der Waals surface area contributed by atoms with Crippen molar-refractivity contribution in [3.8, 4) is 5.75 Å². The van der Waals surface area contributed by atoms with E-state index in [1.54, 1.807) is 32.4 Å². The number of hydrogen-bond donors (Lipinski definition) is 0. The van der Waals surface area contributed by atoms with E-state index in [9.17, 15) is 4.79 Å². The molecule has 1 heterocycles. The molecule has 2 aromatic carbocycles. The van der Waals surface area contributed by atoms with Crippen LogP contribution in [0.15, 0.2) is 46.9 Å². The molecule has 5 nitrogen and oxygen atoms in total. The number of anilines is 1. The molecule has 0 unspecified atom stereocenters. The third-order valence-corrected chi connectivity index (χ3v) is 4.54. The Morgan fingerprint density at radius 2 is 2.08 bits per heavy atom. The zero-order valence-corrected chi connectivity index (χ0v) is 15.4. The number of amides is 1. The molecule has 3 rings (SSSR count). The molecule has 0 fully saturated rings. The molecular weight excluding hydrogens is 360 g/mol. The van der Waals surface area contributed by atoms with Gasteiger partial charge in [-0.2, -0.15) is 0 Å². The van der Waals surface area contributed by atoms with E-state index in [1.807, 2.05) is 28.8 Å². The van der Waals surface area contributed by atoms with Gasteiger partial charge in [0, 0.05) is 25.0 Å². The Morgan fingerprint density at radius 3 is 2.84 bits per heavy atom. The Hall–Kier alpha value is -2.31. The summed E-state index contributed by atoms with van der Waals surface area (Å²) in [5.74, 6) is 0.512. The van der Waals surface area contributed by atoms with Crippen LogP contribution >= 0.6 is 23.8 Å². The fourth-order valence-corrected chi connectivity index (χ4v) is 3.11. The minimum absolute atomic E-state index is 0.0762. The highest BCUT2D eigenvalue weighted by Gasteiger charge is 2.17. The van der Waals surface area contributed by atoms with Gasteiger partial charge < -0.3 is 14.1 Å². The predicted octanol–water partition coefficient (Wildman–Crippen LogP) is 4.68. The van der Waals surface area contributed by atoms with Crippen molar-refractivity contribution in [1.82, 2.24) is 4.57 Å².